The van der Waals surface area contributed by atoms with Crippen molar-refractivity contribution in [2.75, 3.05) is 11.9 Å². The highest BCUT2D eigenvalue weighted by atomic mass is 19.1. The number of carbonyl (C=O) groups is 2. The molecule has 0 unspecified atom stereocenters. The molecule has 1 aliphatic rings. The molecular formula is C17H21FN2O5. The molecule has 8 heteroatoms. The van der Waals surface area contributed by atoms with Crippen molar-refractivity contribution < 1.29 is 23.6 Å². The van der Waals surface area contributed by atoms with E-state index in [1.807, 2.05) is 0 Å². The summed E-state index contributed by atoms with van der Waals surface area (Å²) in [6, 6.07) is 2.80. The van der Waals surface area contributed by atoms with Crippen molar-refractivity contribution in [2.45, 2.75) is 44.9 Å². The van der Waals surface area contributed by atoms with Crippen LogP contribution in [0.5, 0.6) is 0 Å². The van der Waals surface area contributed by atoms with Crippen LogP contribution in [0, 0.1) is 21.8 Å². The molecule has 1 aromatic rings. The fourth-order valence-electron chi connectivity index (χ4n) is 2.92. The molecule has 0 atom stereocenters. The Labute approximate surface area is 144 Å². The number of rotatable bonds is 7. The van der Waals surface area contributed by atoms with Gasteiger partial charge in [-0.3, -0.25) is 19.7 Å². The van der Waals surface area contributed by atoms with Gasteiger partial charge >= 0.3 is 5.97 Å². The summed E-state index contributed by atoms with van der Waals surface area (Å²) in [7, 11) is 0. The molecule has 0 heterocycles. The Kier molecular flexibility index (Phi) is 6.85. The lowest BCUT2D eigenvalue weighted by atomic mass is 9.86. The number of carbonyl (C=O) groups excluding carboxylic acids is 2. The summed E-state index contributed by atoms with van der Waals surface area (Å²) in [5.41, 5.74) is -0.668. The summed E-state index contributed by atoms with van der Waals surface area (Å²) in [6.07, 6.45) is 6.88. The molecule has 0 aromatic heterocycles. The summed E-state index contributed by atoms with van der Waals surface area (Å²) in [6.45, 7) is -0.550. The van der Waals surface area contributed by atoms with Crippen molar-refractivity contribution >= 4 is 23.3 Å². The maximum absolute atomic E-state index is 13.6. The monoisotopic (exact) mass is 352 g/mol. The maximum Gasteiger partial charge on any atom is 0.306 e. The fourth-order valence-corrected chi connectivity index (χ4v) is 2.92. The number of nitrogens with zero attached hydrogens (tertiary/aromatic N) is 1. The van der Waals surface area contributed by atoms with Gasteiger partial charge in [-0.15, -0.1) is 0 Å². The first-order valence-corrected chi connectivity index (χ1v) is 8.35. The van der Waals surface area contributed by atoms with E-state index < -0.39 is 29.2 Å². The zero-order chi connectivity index (χ0) is 18.2. The summed E-state index contributed by atoms with van der Waals surface area (Å²) in [5, 5.41) is 12.8. The number of esters is 1. The van der Waals surface area contributed by atoms with Gasteiger partial charge in [0.05, 0.1) is 10.6 Å². The van der Waals surface area contributed by atoms with E-state index in [1.165, 1.54) is 19.3 Å². The van der Waals surface area contributed by atoms with Gasteiger partial charge in [0, 0.05) is 18.6 Å². The lowest BCUT2D eigenvalue weighted by Gasteiger charge is -2.20. The lowest BCUT2D eigenvalue weighted by Crippen LogP contribution is -2.21. The average Bonchev–Trinajstić information content (AvgIpc) is 2.60. The number of hydrogen-bond donors (Lipinski definition) is 1. The third-order valence-corrected chi connectivity index (χ3v) is 4.28. The molecule has 1 aromatic carbocycles. The molecule has 1 N–H and O–H groups in total. The van der Waals surface area contributed by atoms with Crippen LogP contribution < -0.4 is 5.32 Å². The molecule has 7 nitrogen and oxygen atoms in total. The molecule has 25 heavy (non-hydrogen) atoms. The Morgan fingerprint density at radius 1 is 1.28 bits per heavy atom. The highest BCUT2D eigenvalue weighted by Gasteiger charge is 2.17. The highest BCUT2D eigenvalue weighted by molar-refractivity contribution is 5.93. The van der Waals surface area contributed by atoms with Crippen LogP contribution in [-0.2, 0) is 14.3 Å². The van der Waals surface area contributed by atoms with E-state index >= 15 is 0 Å². The SMILES string of the molecule is O=C(COC(=O)CCC1CCCCC1)Nc1cc([N+](=O)[O-])ccc1F. The van der Waals surface area contributed by atoms with Crippen molar-refractivity contribution in [3.63, 3.8) is 0 Å². The minimum atomic E-state index is -0.803. The predicted octanol–water partition coefficient (Wildman–Crippen LogP) is 3.58. The molecule has 1 fully saturated rings. The smallest absolute Gasteiger partial charge is 0.306 e. The van der Waals surface area contributed by atoms with Gasteiger partial charge in [-0.25, -0.2) is 4.39 Å². The van der Waals surface area contributed by atoms with Crippen molar-refractivity contribution in [2.24, 2.45) is 5.92 Å². The summed E-state index contributed by atoms with van der Waals surface area (Å²) < 4.78 is 18.5. The molecule has 2 rings (SSSR count). The number of nitro benzene ring substituents is 1. The molecule has 0 spiro atoms. The van der Waals surface area contributed by atoms with Gasteiger partial charge in [-0.2, -0.15) is 0 Å². The van der Waals surface area contributed by atoms with E-state index in [0.29, 0.717) is 5.92 Å². The first-order valence-electron chi connectivity index (χ1n) is 8.35. The standard InChI is InChI=1S/C17H21FN2O5/c18-14-8-7-13(20(23)24)10-15(14)19-16(21)11-25-17(22)9-6-12-4-2-1-3-5-12/h7-8,10,12H,1-6,9,11H2,(H,19,21). The normalized spacial score (nSPS) is 14.8. The number of non-ortho nitro benzene ring substituents is 1. The molecule has 1 saturated carbocycles. The van der Waals surface area contributed by atoms with Crippen LogP contribution in [0.1, 0.15) is 44.9 Å². The van der Waals surface area contributed by atoms with E-state index in [-0.39, 0.29) is 17.8 Å². The van der Waals surface area contributed by atoms with Gasteiger partial charge < -0.3 is 10.1 Å². The highest BCUT2D eigenvalue weighted by Crippen LogP contribution is 2.27. The van der Waals surface area contributed by atoms with Crippen LogP contribution in [0.2, 0.25) is 0 Å². The van der Waals surface area contributed by atoms with Gasteiger partial charge in [0.25, 0.3) is 11.6 Å². The Balaban J connectivity index is 1.75. The third-order valence-electron chi connectivity index (χ3n) is 4.28. The van der Waals surface area contributed by atoms with E-state index in [9.17, 15) is 24.1 Å². The zero-order valence-corrected chi connectivity index (χ0v) is 13.8. The topological polar surface area (TPSA) is 98.5 Å². The minimum absolute atomic E-state index is 0.253. The molecule has 0 saturated heterocycles. The number of nitrogens with one attached hydrogen (secondary N) is 1. The number of nitro groups is 1. The number of amides is 1. The quantitative estimate of drug-likeness (QED) is 0.459. The first kappa shape index (κ1) is 18.8. The predicted molar refractivity (Wildman–Crippen MR) is 88.5 cm³/mol. The van der Waals surface area contributed by atoms with Crippen molar-refractivity contribution in [3.05, 3.63) is 34.1 Å². The van der Waals surface area contributed by atoms with E-state index in [4.69, 9.17) is 4.74 Å². The molecule has 1 aliphatic carbocycles. The van der Waals surface area contributed by atoms with Gasteiger partial charge in [0.1, 0.15) is 5.82 Å². The van der Waals surface area contributed by atoms with E-state index in [1.54, 1.807) is 0 Å². The molecule has 0 radical (unpaired) electrons. The Bertz CT molecular complexity index is 644. The number of benzene rings is 1. The van der Waals surface area contributed by atoms with Gasteiger partial charge in [-0.05, 0) is 18.4 Å². The Morgan fingerprint density at radius 3 is 2.68 bits per heavy atom. The minimum Gasteiger partial charge on any atom is -0.456 e. The van der Waals surface area contributed by atoms with Crippen LogP contribution in [-0.4, -0.2) is 23.4 Å². The maximum atomic E-state index is 13.6. The fraction of sp³-hybridized carbons (Fsp3) is 0.529. The second-order valence-corrected chi connectivity index (χ2v) is 6.17. The number of anilines is 1. The zero-order valence-electron chi connectivity index (χ0n) is 13.8. The van der Waals surface area contributed by atoms with Crippen molar-refractivity contribution in [3.8, 4) is 0 Å². The Morgan fingerprint density at radius 2 is 2.00 bits per heavy atom. The number of hydrogen-bond acceptors (Lipinski definition) is 5. The molecular weight excluding hydrogens is 331 g/mol. The van der Waals surface area contributed by atoms with Gasteiger partial charge in [-0.1, -0.05) is 32.1 Å². The Hall–Kier alpha value is -2.51. The number of ether oxygens (including phenoxy) is 1. The van der Waals surface area contributed by atoms with Crippen LogP contribution in [0.15, 0.2) is 18.2 Å². The number of halogens is 1. The van der Waals surface area contributed by atoms with Crippen LogP contribution in [0.25, 0.3) is 0 Å². The molecule has 0 bridgehead atoms. The van der Waals surface area contributed by atoms with Crippen molar-refractivity contribution in [1.29, 1.82) is 0 Å². The van der Waals surface area contributed by atoms with Crippen molar-refractivity contribution in [1.82, 2.24) is 0 Å². The van der Waals surface area contributed by atoms with E-state index in [0.717, 1.165) is 37.5 Å². The molecule has 1 amide bonds. The summed E-state index contributed by atoms with van der Waals surface area (Å²) >= 11 is 0. The largest absolute Gasteiger partial charge is 0.456 e. The average molecular weight is 352 g/mol. The lowest BCUT2D eigenvalue weighted by molar-refractivity contribution is -0.384. The van der Waals surface area contributed by atoms with Crippen LogP contribution in [0.4, 0.5) is 15.8 Å². The van der Waals surface area contributed by atoms with Gasteiger partial charge in [0.15, 0.2) is 6.61 Å². The molecule has 0 aliphatic heterocycles. The molecule has 136 valence electrons. The summed E-state index contributed by atoms with van der Waals surface area (Å²) in [5.74, 6) is -1.48. The van der Waals surface area contributed by atoms with E-state index in [2.05, 4.69) is 5.32 Å². The van der Waals surface area contributed by atoms with Gasteiger partial charge in [0.2, 0.25) is 0 Å². The first-order chi connectivity index (χ1) is 12.0. The second-order valence-electron chi connectivity index (χ2n) is 6.17. The third kappa shape index (κ3) is 6.13. The van der Waals surface area contributed by atoms with Crippen LogP contribution in [0.3, 0.4) is 0 Å². The summed E-state index contributed by atoms with van der Waals surface area (Å²) in [4.78, 5) is 33.4. The van der Waals surface area contributed by atoms with Crippen LogP contribution >= 0.6 is 0 Å². The second kappa shape index (κ2) is 9.10.